The van der Waals surface area contributed by atoms with Crippen molar-refractivity contribution in [1.29, 1.82) is 5.26 Å². The second kappa shape index (κ2) is 23.1. The average molecular weight is 789 g/mol. The molecule has 3 N–H and O–H groups in total. The summed E-state index contributed by atoms with van der Waals surface area (Å²) in [6, 6.07) is 17.6. The number of sulfonamides is 1. The van der Waals surface area contributed by atoms with E-state index in [1.807, 2.05) is 6.07 Å². The molecule has 13 nitrogen and oxygen atoms in total. The number of hydrogen-bond acceptors (Lipinski definition) is 10. The highest BCUT2D eigenvalue weighted by Crippen LogP contribution is 2.36. The second-order valence-corrected chi connectivity index (χ2v) is 15.4. The number of aryl methyl sites for hydroxylation is 1. The van der Waals surface area contributed by atoms with Gasteiger partial charge in [-0.2, -0.15) is 10.4 Å². The molecule has 0 radical (unpaired) electrons. The predicted molar refractivity (Wildman–Crippen MR) is 219 cm³/mol. The van der Waals surface area contributed by atoms with Gasteiger partial charge in [-0.3, -0.25) is 14.6 Å². The third-order valence-corrected chi connectivity index (χ3v) is 10.7. The molecule has 56 heavy (non-hydrogen) atoms. The van der Waals surface area contributed by atoms with Gasteiger partial charge >= 0.3 is 0 Å². The number of nitriles is 1. The lowest BCUT2D eigenvalue weighted by molar-refractivity contribution is 0.144. The first kappa shape index (κ1) is 43.6. The summed E-state index contributed by atoms with van der Waals surface area (Å²) in [5, 5.41) is 31.3. The van der Waals surface area contributed by atoms with Gasteiger partial charge in [0.05, 0.1) is 30.3 Å². The number of rotatable bonds is 26. The van der Waals surface area contributed by atoms with Crippen molar-refractivity contribution in [3.05, 3.63) is 82.3 Å². The zero-order valence-corrected chi connectivity index (χ0v) is 33.7. The summed E-state index contributed by atoms with van der Waals surface area (Å²) in [7, 11) is -2.91. The van der Waals surface area contributed by atoms with E-state index in [1.54, 1.807) is 37.3 Å². The summed E-state index contributed by atoms with van der Waals surface area (Å²) < 4.78 is 48.3. The molecular formula is C42H56N6O7S. The Morgan fingerprint density at radius 2 is 1.43 bits per heavy atom. The van der Waals surface area contributed by atoms with E-state index in [-0.39, 0.29) is 52.4 Å². The molecule has 302 valence electrons. The van der Waals surface area contributed by atoms with E-state index in [4.69, 9.17) is 14.2 Å². The summed E-state index contributed by atoms with van der Waals surface area (Å²) in [6.45, 7) is 4.75. The van der Waals surface area contributed by atoms with Gasteiger partial charge in [0.15, 0.2) is 11.4 Å². The zero-order chi connectivity index (χ0) is 40.2. The molecule has 0 fully saturated rings. The fourth-order valence-electron chi connectivity index (χ4n) is 6.18. The molecule has 0 saturated heterocycles. The van der Waals surface area contributed by atoms with Crippen molar-refractivity contribution in [3.63, 3.8) is 0 Å². The van der Waals surface area contributed by atoms with Crippen LogP contribution >= 0.6 is 0 Å². The van der Waals surface area contributed by atoms with Crippen molar-refractivity contribution in [1.82, 2.24) is 9.78 Å². The summed E-state index contributed by atoms with van der Waals surface area (Å²) in [5.41, 5.74) is 0.173. The quantitative estimate of drug-likeness (QED) is 0.0319. The number of nitrogens with zero attached hydrogens (tertiary/aromatic N) is 4. The number of H-pyrrole nitrogens is 1. The molecule has 3 aromatic carbocycles. The molecule has 0 aliphatic heterocycles. The minimum Gasteiger partial charge on any atom is -0.506 e. The number of hydrogen-bond donors (Lipinski definition) is 3. The van der Waals surface area contributed by atoms with Gasteiger partial charge in [-0.25, -0.2) is 13.1 Å². The number of phenols is 1. The van der Waals surface area contributed by atoms with Crippen LogP contribution in [-0.2, 0) is 14.8 Å². The van der Waals surface area contributed by atoms with Crippen LogP contribution in [0.25, 0.3) is 5.69 Å². The van der Waals surface area contributed by atoms with Gasteiger partial charge in [0.25, 0.3) is 15.6 Å². The molecule has 0 spiro atoms. The second-order valence-electron chi connectivity index (χ2n) is 13.8. The number of nitrogens with one attached hydrogen (secondary N) is 2. The maximum atomic E-state index is 13.9. The van der Waals surface area contributed by atoms with Gasteiger partial charge in [-0.15, -0.1) is 5.11 Å². The highest BCUT2D eigenvalue weighted by atomic mass is 32.2. The van der Waals surface area contributed by atoms with Crippen molar-refractivity contribution in [2.45, 2.75) is 109 Å². The van der Waals surface area contributed by atoms with E-state index < -0.39 is 15.6 Å². The molecule has 1 aromatic heterocycles. The monoisotopic (exact) mass is 788 g/mol. The van der Waals surface area contributed by atoms with Crippen molar-refractivity contribution < 1.29 is 27.7 Å². The molecule has 0 atom stereocenters. The number of azo groups is 1. The van der Waals surface area contributed by atoms with E-state index >= 15 is 0 Å². The molecular weight excluding hydrogens is 733 g/mol. The fourth-order valence-corrected chi connectivity index (χ4v) is 7.41. The summed E-state index contributed by atoms with van der Waals surface area (Å²) in [6.07, 6.45) is 17.6. The van der Waals surface area contributed by atoms with Crippen molar-refractivity contribution >= 4 is 27.1 Å². The first-order chi connectivity index (χ1) is 27.2. The number of ether oxygens (including phenoxy) is 3. The van der Waals surface area contributed by atoms with Crippen LogP contribution in [0.1, 0.15) is 108 Å². The van der Waals surface area contributed by atoms with Crippen molar-refractivity contribution in [2.75, 3.05) is 31.7 Å². The molecule has 0 unspecified atom stereocenters. The number of aromatic amines is 1. The van der Waals surface area contributed by atoms with Crippen molar-refractivity contribution in [2.24, 2.45) is 10.2 Å². The smallest absolute Gasteiger partial charge is 0.300 e. The molecule has 4 aromatic rings. The minimum atomic E-state index is -4.40. The van der Waals surface area contributed by atoms with Crippen LogP contribution in [0.2, 0.25) is 0 Å². The molecule has 0 amide bonds. The van der Waals surface area contributed by atoms with Gasteiger partial charge in [0, 0.05) is 13.2 Å². The lowest BCUT2D eigenvalue weighted by Crippen LogP contribution is -2.16. The van der Waals surface area contributed by atoms with E-state index in [2.05, 4.69) is 27.0 Å². The van der Waals surface area contributed by atoms with Crippen LogP contribution in [-0.4, -0.2) is 50.2 Å². The Morgan fingerprint density at radius 3 is 2.05 bits per heavy atom. The molecule has 14 heteroatoms. The third-order valence-electron chi connectivity index (χ3n) is 9.31. The lowest BCUT2D eigenvalue weighted by atomic mass is 10.0. The fraction of sp³-hybridized carbons (Fsp3) is 0.476. The normalized spacial score (nSPS) is 11.5. The number of para-hydroxylation sites is 1. The van der Waals surface area contributed by atoms with E-state index in [0.29, 0.717) is 23.6 Å². The number of phenolic OH excluding ortho intramolecular Hbond substituents is 1. The Labute approximate surface area is 330 Å². The van der Waals surface area contributed by atoms with Crippen LogP contribution in [0.3, 0.4) is 0 Å². The van der Waals surface area contributed by atoms with E-state index in [1.165, 1.54) is 113 Å². The number of anilines is 1. The standard InChI is InChI=1S/C42H56N6O7S/c1-4-5-6-7-8-9-10-11-12-13-14-15-16-20-25-54-39-30-35(37(49)28-32(39)2)47-56(51,52)40-29-33(23-24-38(40)55-27-26-53-3)44-45-41-36(31-43)46-48(42(41)50)34-21-18-17-19-22-34/h17-19,21-24,28-30,46-47,49H,4-16,20,25-27H2,1-3H3. The Kier molecular flexibility index (Phi) is 18.0. The zero-order valence-electron chi connectivity index (χ0n) is 32.9. The van der Waals surface area contributed by atoms with Crippen LogP contribution in [0.15, 0.2) is 80.6 Å². The first-order valence-corrected chi connectivity index (χ1v) is 21.1. The average Bonchev–Trinajstić information content (AvgIpc) is 3.52. The molecule has 0 aliphatic carbocycles. The molecule has 1 heterocycles. The summed E-state index contributed by atoms with van der Waals surface area (Å²) in [5.74, 6) is 0.175. The number of aromatic nitrogens is 2. The SMILES string of the molecule is CCCCCCCCCCCCCCCCOc1cc(NS(=O)(=O)c2cc(N=Nc3c(C#N)[nH]n(-c4ccccc4)c3=O)ccc2OCCOC)c(O)cc1C. The third kappa shape index (κ3) is 13.3. The van der Waals surface area contributed by atoms with Gasteiger partial charge in [0.2, 0.25) is 0 Å². The Balaban J connectivity index is 1.39. The largest absolute Gasteiger partial charge is 0.506 e. The van der Waals surface area contributed by atoms with Gasteiger partial charge in [0.1, 0.15) is 34.8 Å². The van der Waals surface area contributed by atoms with Gasteiger partial charge < -0.3 is 19.3 Å². The topological polar surface area (TPSA) is 180 Å². The van der Waals surface area contributed by atoms with Crippen LogP contribution in [0.4, 0.5) is 17.1 Å². The summed E-state index contributed by atoms with van der Waals surface area (Å²) >= 11 is 0. The molecule has 0 saturated carbocycles. The Bertz CT molecular complexity index is 2060. The summed E-state index contributed by atoms with van der Waals surface area (Å²) in [4.78, 5) is 12.8. The van der Waals surface area contributed by atoms with Crippen LogP contribution in [0, 0.1) is 18.3 Å². The molecule has 0 bridgehead atoms. The Morgan fingerprint density at radius 1 is 0.804 bits per heavy atom. The van der Waals surface area contributed by atoms with Crippen LogP contribution in [0.5, 0.6) is 17.2 Å². The molecule has 0 aliphatic rings. The van der Waals surface area contributed by atoms with Gasteiger partial charge in [-0.1, -0.05) is 109 Å². The highest BCUT2D eigenvalue weighted by Gasteiger charge is 2.24. The predicted octanol–water partition coefficient (Wildman–Crippen LogP) is 10.2. The maximum absolute atomic E-state index is 13.9. The van der Waals surface area contributed by atoms with Crippen molar-refractivity contribution in [3.8, 4) is 29.0 Å². The van der Waals surface area contributed by atoms with Gasteiger partial charge in [-0.05, 0) is 55.3 Å². The number of methoxy groups -OCH3 is 1. The van der Waals surface area contributed by atoms with E-state index in [9.17, 15) is 23.6 Å². The number of aromatic hydroxyl groups is 1. The number of unbranched alkanes of at least 4 members (excludes halogenated alkanes) is 13. The maximum Gasteiger partial charge on any atom is 0.300 e. The van der Waals surface area contributed by atoms with E-state index in [0.717, 1.165) is 19.3 Å². The lowest BCUT2D eigenvalue weighted by Gasteiger charge is -2.16. The minimum absolute atomic E-state index is 0.000159. The molecule has 4 rings (SSSR count). The first-order valence-electron chi connectivity index (χ1n) is 19.7. The number of benzene rings is 3. The Hall–Kier alpha value is -5.13. The van der Waals surface area contributed by atoms with Crippen LogP contribution < -0.4 is 19.8 Å². The highest BCUT2D eigenvalue weighted by molar-refractivity contribution is 7.92.